The van der Waals surface area contributed by atoms with Crippen molar-refractivity contribution in [1.29, 1.82) is 0 Å². The van der Waals surface area contributed by atoms with Crippen molar-refractivity contribution in [3.05, 3.63) is 11.6 Å². The van der Waals surface area contributed by atoms with Crippen LogP contribution in [0.15, 0.2) is 0 Å². The molecule has 8 heteroatoms. The van der Waals surface area contributed by atoms with Crippen molar-refractivity contribution < 1.29 is 18.7 Å². The van der Waals surface area contributed by atoms with Gasteiger partial charge in [-0.15, -0.1) is 5.10 Å². The van der Waals surface area contributed by atoms with Gasteiger partial charge < -0.3 is 10.0 Å². The van der Waals surface area contributed by atoms with Crippen LogP contribution in [0.2, 0.25) is 0 Å². The van der Waals surface area contributed by atoms with Crippen molar-refractivity contribution in [1.82, 2.24) is 20.1 Å². The van der Waals surface area contributed by atoms with Gasteiger partial charge in [0.15, 0.2) is 0 Å². The molecular formula is C10H16F2N4O2. The number of H-pyrrole nitrogens is 1. The number of nitrogens with one attached hydrogen (secondary N) is 1. The zero-order chi connectivity index (χ0) is 13.8. The molecule has 2 rings (SSSR count). The summed E-state index contributed by atoms with van der Waals surface area (Å²) in [5, 5.41) is 13.2. The maximum atomic E-state index is 13.1. The molecule has 1 saturated heterocycles. The molecule has 1 amide bonds. The minimum atomic E-state index is -2.79. The van der Waals surface area contributed by atoms with Crippen molar-refractivity contribution in [3.63, 3.8) is 0 Å². The fourth-order valence-electron chi connectivity index (χ4n) is 1.72. The van der Waals surface area contributed by atoms with E-state index in [1.807, 2.05) is 0 Å². The van der Waals surface area contributed by atoms with E-state index in [2.05, 4.69) is 15.2 Å². The average Bonchev–Trinajstić information content (AvgIpc) is 2.76. The first-order chi connectivity index (χ1) is 8.48. The summed E-state index contributed by atoms with van der Waals surface area (Å²) in [6.45, 7) is 1.44. The highest BCUT2D eigenvalue weighted by atomic mass is 19.3. The summed E-state index contributed by atoms with van der Waals surface area (Å²) in [6.07, 6.45) is 0.145. The third kappa shape index (κ3) is 3.46. The van der Waals surface area contributed by atoms with E-state index in [-0.39, 0.29) is 12.2 Å². The topological polar surface area (TPSA) is 82.1 Å². The smallest absolute Gasteiger partial charge is 0.293 e. The number of likely N-dealkylation sites (tertiary alicyclic amines) is 1. The molecule has 0 spiro atoms. The summed E-state index contributed by atoms with van der Waals surface area (Å²) >= 11 is 0. The number of piperidine rings is 1. The molecule has 2 heterocycles. The van der Waals surface area contributed by atoms with Crippen LogP contribution in [0.25, 0.3) is 0 Å². The number of hydrogen-bond acceptors (Lipinski definition) is 4. The van der Waals surface area contributed by atoms with E-state index in [1.165, 1.54) is 0 Å². The Bertz CT molecular complexity index is 408. The molecule has 0 aliphatic carbocycles. The Balaban J connectivity index is 0.000000771. The first-order valence-electron chi connectivity index (χ1n) is 5.49. The van der Waals surface area contributed by atoms with Gasteiger partial charge in [0.25, 0.3) is 11.8 Å². The first-order valence-corrected chi connectivity index (χ1v) is 5.49. The minimum Gasteiger partial charge on any atom is -0.400 e. The minimum absolute atomic E-state index is 0.0461. The zero-order valence-electron chi connectivity index (χ0n) is 10.3. The second kappa shape index (κ2) is 5.85. The monoisotopic (exact) mass is 262 g/mol. The van der Waals surface area contributed by atoms with Gasteiger partial charge in [-0.25, -0.2) is 13.8 Å². The molecule has 1 aliphatic rings. The van der Waals surface area contributed by atoms with Crippen LogP contribution >= 0.6 is 0 Å². The highest BCUT2D eigenvalue weighted by Crippen LogP contribution is 2.26. The van der Waals surface area contributed by atoms with E-state index in [0.29, 0.717) is 18.8 Å². The standard InChI is InChI=1S/C9H12F2N4O.CH4O/c1-6-12-7(14-13-6)8(16)15-4-2-3-9(10,11)5-15;1-2/h2-5H2,1H3,(H,12,13,14);2H,1H3. The van der Waals surface area contributed by atoms with Crippen molar-refractivity contribution >= 4 is 5.91 Å². The van der Waals surface area contributed by atoms with Gasteiger partial charge in [0, 0.05) is 20.1 Å². The van der Waals surface area contributed by atoms with E-state index in [9.17, 15) is 13.6 Å². The summed E-state index contributed by atoms with van der Waals surface area (Å²) < 4.78 is 26.2. The molecule has 0 bridgehead atoms. The lowest BCUT2D eigenvalue weighted by Gasteiger charge is -2.31. The molecule has 0 unspecified atom stereocenters. The number of aliphatic hydroxyl groups excluding tert-OH is 1. The summed E-state index contributed by atoms with van der Waals surface area (Å²) in [7, 11) is 1.00. The molecule has 2 N–H and O–H groups in total. The summed E-state index contributed by atoms with van der Waals surface area (Å²) in [5.41, 5.74) is 0. The van der Waals surface area contributed by atoms with Crippen molar-refractivity contribution in [3.8, 4) is 0 Å². The van der Waals surface area contributed by atoms with E-state index in [4.69, 9.17) is 5.11 Å². The number of rotatable bonds is 1. The van der Waals surface area contributed by atoms with Crippen molar-refractivity contribution in [2.75, 3.05) is 20.2 Å². The Morgan fingerprint density at radius 1 is 1.50 bits per heavy atom. The van der Waals surface area contributed by atoms with Gasteiger partial charge in [-0.1, -0.05) is 0 Å². The van der Waals surface area contributed by atoms with Gasteiger partial charge in [-0.05, 0) is 13.3 Å². The number of aromatic amines is 1. The number of aromatic nitrogens is 3. The summed E-state index contributed by atoms with van der Waals surface area (Å²) in [6, 6.07) is 0. The highest BCUT2D eigenvalue weighted by molar-refractivity contribution is 5.90. The van der Waals surface area contributed by atoms with Gasteiger partial charge in [-0.2, -0.15) is 0 Å². The summed E-state index contributed by atoms with van der Waals surface area (Å²) in [5.74, 6) is -2.88. The number of carbonyl (C=O) groups is 1. The number of halogens is 2. The van der Waals surface area contributed by atoms with Gasteiger partial charge in [0.2, 0.25) is 5.82 Å². The van der Waals surface area contributed by atoms with Gasteiger partial charge in [0.05, 0.1) is 6.54 Å². The second-order valence-corrected chi connectivity index (χ2v) is 3.93. The lowest BCUT2D eigenvalue weighted by Crippen LogP contribution is -2.46. The molecule has 1 fully saturated rings. The van der Waals surface area contributed by atoms with Crippen LogP contribution in [0.5, 0.6) is 0 Å². The predicted molar refractivity (Wildman–Crippen MR) is 59.3 cm³/mol. The van der Waals surface area contributed by atoms with E-state index >= 15 is 0 Å². The Morgan fingerprint density at radius 3 is 2.67 bits per heavy atom. The SMILES string of the molecule is CO.Cc1nc(C(=O)N2CCCC(F)(F)C2)n[nH]1. The highest BCUT2D eigenvalue weighted by Gasteiger charge is 2.38. The number of carbonyl (C=O) groups excluding carboxylic acids is 1. The van der Waals surface area contributed by atoms with Gasteiger partial charge in [-0.3, -0.25) is 9.89 Å². The van der Waals surface area contributed by atoms with Crippen LogP contribution in [-0.2, 0) is 0 Å². The Hall–Kier alpha value is -1.57. The molecule has 0 radical (unpaired) electrons. The zero-order valence-corrected chi connectivity index (χ0v) is 10.3. The molecule has 0 aromatic carbocycles. The van der Waals surface area contributed by atoms with Crippen LogP contribution in [0.1, 0.15) is 29.3 Å². The van der Waals surface area contributed by atoms with Crippen LogP contribution in [-0.4, -0.2) is 57.2 Å². The molecule has 6 nitrogen and oxygen atoms in total. The average molecular weight is 262 g/mol. The van der Waals surface area contributed by atoms with E-state index in [1.54, 1.807) is 6.92 Å². The maximum absolute atomic E-state index is 13.1. The second-order valence-electron chi connectivity index (χ2n) is 3.93. The van der Waals surface area contributed by atoms with Crippen LogP contribution in [0, 0.1) is 6.92 Å². The van der Waals surface area contributed by atoms with Crippen LogP contribution < -0.4 is 0 Å². The number of alkyl halides is 2. The number of aryl methyl sites for hydroxylation is 1. The number of amides is 1. The molecular weight excluding hydrogens is 246 g/mol. The largest absolute Gasteiger partial charge is 0.400 e. The fourth-order valence-corrected chi connectivity index (χ4v) is 1.72. The Labute approximate surface area is 103 Å². The number of nitrogens with zero attached hydrogens (tertiary/aromatic N) is 3. The molecule has 1 aromatic heterocycles. The molecule has 1 aromatic rings. The first kappa shape index (κ1) is 14.5. The van der Waals surface area contributed by atoms with Crippen molar-refractivity contribution in [2.45, 2.75) is 25.7 Å². The van der Waals surface area contributed by atoms with Gasteiger partial charge in [0.1, 0.15) is 5.82 Å². The fraction of sp³-hybridized carbons (Fsp3) is 0.700. The summed E-state index contributed by atoms with van der Waals surface area (Å²) in [4.78, 5) is 16.7. The molecule has 18 heavy (non-hydrogen) atoms. The lowest BCUT2D eigenvalue weighted by atomic mass is 10.1. The predicted octanol–water partition coefficient (Wildman–Crippen LogP) is 0.593. The van der Waals surface area contributed by atoms with E-state index < -0.39 is 18.4 Å². The van der Waals surface area contributed by atoms with Crippen LogP contribution in [0.3, 0.4) is 0 Å². The number of hydrogen-bond donors (Lipinski definition) is 2. The maximum Gasteiger partial charge on any atom is 0.293 e. The third-order valence-electron chi connectivity index (χ3n) is 2.47. The lowest BCUT2D eigenvalue weighted by molar-refractivity contribution is -0.0562. The Morgan fingerprint density at radius 2 is 2.17 bits per heavy atom. The molecule has 0 atom stereocenters. The number of aliphatic hydroxyl groups is 1. The van der Waals surface area contributed by atoms with Crippen molar-refractivity contribution in [2.24, 2.45) is 0 Å². The Kier molecular flexibility index (Phi) is 4.71. The molecule has 102 valence electrons. The molecule has 0 saturated carbocycles. The van der Waals surface area contributed by atoms with Gasteiger partial charge >= 0.3 is 0 Å². The van der Waals surface area contributed by atoms with E-state index in [0.717, 1.165) is 12.0 Å². The third-order valence-corrected chi connectivity index (χ3v) is 2.47. The normalized spacial score (nSPS) is 17.9. The quantitative estimate of drug-likeness (QED) is 0.776. The van der Waals surface area contributed by atoms with Crippen LogP contribution in [0.4, 0.5) is 8.78 Å². The molecule has 1 aliphatic heterocycles.